The Balaban J connectivity index is 1.35. The lowest BCUT2D eigenvalue weighted by Crippen LogP contribution is -2.11. The van der Waals surface area contributed by atoms with Gasteiger partial charge in [-0.15, -0.1) is 0 Å². The van der Waals surface area contributed by atoms with Crippen LogP contribution in [0.4, 0.5) is 0 Å². The normalized spacial score (nSPS) is 11.9. The Morgan fingerprint density at radius 2 is 0.957 bits per heavy atom. The van der Waals surface area contributed by atoms with Crippen LogP contribution in [0, 0.1) is 0 Å². The van der Waals surface area contributed by atoms with E-state index in [9.17, 15) is 0 Å². The van der Waals surface area contributed by atoms with Gasteiger partial charge in [-0.2, -0.15) is 15.0 Å². The third-order valence-corrected chi connectivity index (χ3v) is 8.75. The van der Waals surface area contributed by atoms with Crippen molar-refractivity contribution in [2.45, 2.75) is 0 Å². The summed E-state index contributed by atoms with van der Waals surface area (Å²) in [6.07, 6.45) is 5.44. The topological polar surface area (TPSA) is 87.2 Å². The van der Waals surface area contributed by atoms with Crippen molar-refractivity contribution in [3.8, 4) is 23.3 Å². The first-order chi connectivity index (χ1) is 22.8. The van der Waals surface area contributed by atoms with Gasteiger partial charge in [-0.25, -0.2) is 9.97 Å². The van der Waals surface area contributed by atoms with E-state index in [-0.39, 0.29) is 0 Å². The van der Waals surface area contributed by atoms with E-state index in [1.165, 1.54) is 0 Å². The van der Waals surface area contributed by atoms with Crippen LogP contribution in [0.5, 0.6) is 0 Å². The first-order valence-electron chi connectivity index (χ1n) is 15.1. The van der Waals surface area contributed by atoms with E-state index in [1.807, 2.05) is 63.9 Å². The van der Waals surface area contributed by atoms with Gasteiger partial charge in [-0.1, -0.05) is 72.8 Å². The highest BCUT2D eigenvalue weighted by molar-refractivity contribution is 6.11. The summed E-state index contributed by atoms with van der Waals surface area (Å²) in [6, 6.07) is 39.1. The fraction of sp³-hybridized carbons (Fsp3) is 0. The molecule has 0 aliphatic rings. The molecule has 214 valence electrons. The summed E-state index contributed by atoms with van der Waals surface area (Å²) >= 11 is 0. The second kappa shape index (κ2) is 9.48. The summed E-state index contributed by atoms with van der Waals surface area (Å²) in [5, 5.41) is 7.35. The third-order valence-electron chi connectivity index (χ3n) is 8.75. The molecule has 46 heavy (non-hydrogen) atoms. The van der Waals surface area contributed by atoms with Crippen molar-refractivity contribution >= 4 is 65.5 Å². The maximum absolute atomic E-state index is 5.19. The van der Waals surface area contributed by atoms with Crippen molar-refractivity contribution in [2.75, 3.05) is 0 Å². The summed E-state index contributed by atoms with van der Waals surface area (Å²) in [7, 11) is 0. The van der Waals surface area contributed by atoms with Crippen LogP contribution < -0.4 is 0 Å². The van der Waals surface area contributed by atoms with Gasteiger partial charge < -0.3 is 0 Å². The fourth-order valence-corrected chi connectivity index (χ4v) is 6.77. The highest BCUT2D eigenvalue weighted by Gasteiger charge is 2.22. The molecule has 0 N–H and O–H groups in total. The monoisotopic (exact) mass is 590 g/mol. The Hall–Kier alpha value is -6.54. The quantitative estimate of drug-likeness (QED) is 0.193. The number of para-hydroxylation sites is 2. The number of rotatable bonds is 3. The molecule has 4 aromatic carbocycles. The first-order valence-corrected chi connectivity index (χ1v) is 15.1. The number of pyridine rings is 3. The lowest BCUT2D eigenvalue weighted by Gasteiger charge is -2.13. The Labute approximate surface area is 261 Å². The Morgan fingerprint density at radius 3 is 1.63 bits per heavy atom. The summed E-state index contributed by atoms with van der Waals surface area (Å²) in [5.74, 6) is 1.50. The molecule has 0 saturated carbocycles. The van der Waals surface area contributed by atoms with Crippen LogP contribution >= 0.6 is 0 Å². The van der Waals surface area contributed by atoms with Gasteiger partial charge >= 0.3 is 0 Å². The van der Waals surface area contributed by atoms with Crippen molar-refractivity contribution in [3.63, 3.8) is 0 Å². The molecule has 8 heteroatoms. The van der Waals surface area contributed by atoms with Gasteiger partial charge in [0.1, 0.15) is 11.3 Å². The van der Waals surface area contributed by atoms with E-state index in [0.29, 0.717) is 17.7 Å². The standard InChI is InChI=1S/C38H22N8/c1-3-16-31-25(10-1)29-14-7-21-40-35(29)45(31)37-42-34(28-13-5-12-27-24(28)19-18-23-9-6-20-39-33(23)27)43-38(44-37)46-32-17-4-2-11-26(32)30-15-8-22-41-36(30)46/h1-22H. The van der Waals surface area contributed by atoms with Crippen molar-refractivity contribution in [3.05, 3.63) is 134 Å². The summed E-state index contributed by atoms with van der Waals surface area (Å²) in [5.41, 5.74) is 5.31. The number of benzene rings is 4. The van der Waals surface area contributed by atoms with Crippen molar-refractivity contribution in [1.29, 1.82) is 0 Å². The Bertz CT molecular complexity index is 2590. The number of hydrogen-bond donors (Lipinski definition) is 0. The summed E-state index contributed by atoms with van der Waals surface area (Å²) in [6.45, 7) is 0. The molecule has 0 fully saturated rings. The molecule has 0 aliphatic carbocycles. The van der Waals surface area contributed by atoms with Gasteiger partial charge in [0.05, 0.1) is 16.6 Å². The maximum atomic E-state index is 5.19. The molecule has 0 saturated heterocycles. The minimum atomic E-state index is 0.475. The van der Waals surface area contributed by atoms with Crippen LogP contribution in [0.25, 0.3) is 88.8 Å². The summed E-state index contributed by atoms with van der Waals surface area (Å²) < 4.78 is 4.06. The Morgan fingerprint density at radius 1 is 0.391 bits per heavy atom. The minimum Gasteiger partial charge on any atom is -0.262 e. The second-order valence-corrected chi connectivity index (χ2v) is 11.3. The molecule has 0 atom stereocenters. The second-order valence-electron chi connectivity index (χ2n) is 11.3. The average Bonchev–Trinajstić information content (AvgIpc) is 3.64. The third kappa shape index (κ3) is 3.49. The molecule has 0 unspecified atom stereocenters. The lowest BCUT2D eigenvalue weighted by atomic mass is 10.0. The average molecular weight is 591 g/mol. The molecule has 6 aromatic heterocycles. The molecule has 0 amide bonds. The predicted octanol–water partition coefficient (Wildman–Crippen LogP) is 8.22. The number of fused-ring (bicyclic) bond motifs is 9. The lowest BCUT2D eigenvalue weighted by molar-refractivity contribution is 0.884. The van der Waals surface area contributed by atoms with Crippen molar-refractivity contribution < 1.29 is 0 Å². The molecule has 0 bridgehead atoms. The minimum absolute atomic E-state index is 0.475. The zero-order chi connectivity index (χ0) is 30.2. The van der Waals surface area contributed by atoms with Gasteiger partial charge in [0.25, 0.3) is 0 Å². The molecule has 10 aromatic rings. The van der Waals surface area contributed by atoms with Gasteiger partial charge in [-0.05, 0) is 47.9 Å². The van der Waals surface area contributed by atoms with E-state index in [0.717, 1.165) is 71.1 Å². The number of nitrogens with zero attached hydrogens (tertiary/aromatic N) is 8. The highest BCUT2D eigenvalue weighted by Crippen LogP contribution is 2.35. The molecular weight excluding hydrogens is 568 g/mol. The van der Waals surface area contributed by atoms with Gasteiger partial charge in [0.15, 0.2) is 5.82 Å². The van der Waals surface area contributed by atoms with Crippen molar-refractivity contribution in [2.24, 2.45) is 0 Å². The van der Waals surface area contributed by atoms with Crippen LogP contribution in [0.1, 0.15) is 0 Å². The first kappa shape index (κ1) is 24.9. The molecule has 0 radical (unpaired) electrons. The van der Waals surface area contributed by atoms with Crippen LogP contribution in [-0.4, -0.2) is 39.0 Å². The van der Waals surface area contributed by atoms with E-state index >= 15 is 0 Å². The zero-order valence-electron chi connectivity index (χ0n) is 24.3. The van der Waals surface area contributed by atoms with Crippen molar-refractivity contribution in [1.82, 2.24) is 39.0 Å². The molecule has 6 heterocycles. The van der Waals surface area contributed by atoms with Gasteiger partial charge in [0.2, 0.25) is 11.9 Å². The smallest absolute Gasteiger partial charge is 0.241 e. The van der Waals surface area contributed by atoms with Gasteiger partial charge in [0, 0.05) is 56.5 Å². The molecule has 0 spiro atoms. The van der Waals surface area contributed by atoms with E-state index < -0.39 is 0 Å². The SMILES string of the molecule is c1cnc2c(c1)ccc1c(-c3nc(-n4c5ccccc5c5cccnc54)nc(-n4c5ccccc5c5cccnc54)n3)cccc12. The van der Waals surface area contributed by atoms with Crippen LogP contribution in [0.15, 0.2) is 134 Å². The molecule has 8 nitrogen and oxygen atoms in total. The Kier molecular flexibility index (Phi) is 5.12. The number of aromatic nitrogens is 8. The predicted molar refractivity (Wildman–Crippen MR) is 182 cm³/mol. The van der Waals surface area contributed by atoms with E-state index in [1.54, 1.807) is 12.4 Å². The maximum Gasteiger partial charge on any atom is 0.241 e. The highest BCUT2D eigenvalue weighted by atomic mass is 15.3. The van der Waals surface area contributed by atoms with E-state index in [2.05, 4.69) is 66.7 Å². The largest absolute Gasteiger partial charge is 0.262 e. The van der Waals surface area contributed by atoms with Crippen LogP contribution in [-0.2, 0) is 0 Å². The van der Waals surface area contributed by atoms with Crippen LogP contribution in [0.2, 0.25) is 0 Å². The molecular formula is C38H22N8. The van der Waals surface area contributed by atoms with Gasteiger partial charge in [-0.3, -0.25) is 14.1 Å². The zero-order valence-corrected chi connectivity index (χ0v) is 24.3. The number of hydrogen-bond acceptors (Lipinski definition) is 6. The van der Waals surface area contributed by atoms with E-state index in [4.69, 9.17) is 29.9 Å². The molecule has 0 aliphatic heterocycles. The summed E-state index contributed by atoms with van der Waals surface area (Å²) in [4.78, 5) is 29.9. The molecule has 10 rings (SSSR count). The van der Waals surface area contributed by atoms with Crippen LogP contribution in [0.3, 0.4) is 0 Å². The fourth-order valence-electron chi connectivity index (χ4n) is 6.77.